The van der Waals surface area contributed by atoms with Crippen molar-refractivity contribution in [1.29, 1.82) is 0 Å². The highest BCUT2D eigenvalue weighted by molar-refractivity contribution is 6.45. The van der Waals surface area contributed by atoms with Gasteiger partial charge < -0.3 is 23.7 Å². The van der Waals surface area contributed by atoms with Crippen molar-refractivity contribution < 1.29 is 23.6 Å². The van der Waals surface area contributed by atoms with Crippen LogP contribution in [0.25, 0.3) is 0 Å². The molecule has 132 valence electrons. The largest absolute Gasteiger partial charge is 0.460 e. The molecule has 1 unspecified atom stereocenters. The standard InChI is InChI=1S/C16H30BNO5/c1-14(2,3)21-13(19)18-8-9-20-12(11-18)10-17-22-15(4,5)16(6,7)23-17/h12H,8-11H2,1-7H3. The summed E-state index contributed by atoms with van der Waals surface area (Å²) in [7, 11) is -0.316. The maximum atomic E-state index is 12.2. The number of ether oxygens (including phenoxy) is 2. The molecule has 2 aliphatic rings. The quantitative estimate of drug-likeness (QED) is 0.730. The summed E-state index contributed by atoms with van der Waals surface area (Å²) in [4.78, 5) is 13.9. The Kier molecular flexibility index (Phi) is 5.05. The van der Waals surface area contributed by atoms with Gasteiger partial charge in [0, 0.05) is 19.4 Å². The molecule has 2 fully saturated rings. The van der Waals surface area contributed by atoms with Gasteiger partial charge in [0.1, 0.15) is 5.60 Å². The maximum absolute atomic E-state index is 12.2. The van der Waals surface area contributed by atoms with Crippen LogP contribution in [0.1, 0.15) is 48.5 Å². The zero-order chi connectivity index (χ0) is 17.5. The highest BCUT2D eigenvalue weighted by atomic mass is 16.7. The molecule has 0 bridgehead atoms. The second-order valence-corrected chi connectivity index (χ2v) is 8.34. The second-order valence-electron chi connectivity index (χ2n) is 8.34. The summed E-state index contributed by atoms with van der Waals surface area (Å²) in [5.74, 6) is 0. The molecule has 2 rings (SSSR count). The van der Waals surface area contributed by atoms with Crippen LogP contribution < -0.4 is 0 Å². The van der Waals surface area contributed by atoms with Gasteiger partial charge in [-0.25, -0.2) is 4.79 Å². The van der Waals surface area contributed by atoms with Crippen molar-refractivity contribution in [1.82, 2.24) is 4.90 Å². The van der Waals surface area contributed by atoms with E-state index < -0.39 is 5.60 Å². The fraction of sp³-hybridized carbons (Fsp3) is 0.938. The van der Waals surface area contributed by atoms with E-state index in [1.165, 1.54) is 0 Å². The van der Waals surface area contributed by atoms with Crippen LogP contribution in [0.4, 0.5) is 4.79 Å². The predicted octanol–water partition coefficient (Wildman–Crippen LogP) is 2.71. The smallest absolute Gasteiger partial charge is 0.444 e. The molecule has 23 heavy (non-hydrogen) atoms. The lowest BCUT2D eigenvalue weighted by molar-refractivity contribution is -0.0373. The van der Waals surface area contributed by atoms with Crippen LogP contribution >= 0.6 is 0 Å². The van der Waals surface area contributed by atoms with E-state index in [1.54, 1.807) is 4.90 Å². The van der Waals surface area contributed by atoms with E-state index in [4.69, 9.17) is 18.8 Å². The van der Waals surface area contributed by atoms with E-state index in [-0.39, 0.29) is 30.5 Å². The van der Waals surface area contributed by atoms with E-state index in [0.717, 1.165) is 0 Å². The first-order chi connectivity index (χ1) is 10.4. The Morgan fingerprint density at radius 3 is 2.30 bits per heavy atom. The Balaban J connectivity index is 1.89. The Morgan fingerprint density at radius 1 is 1.22 bits per heavy atom. The molecule has 1 amide bonds. The summed E-state index contributed by atoms with van der Waals surface area (Å²) in [6.07, 6.45) is 0.206. The molecule has 0 aromatic heterocycles. The van der Waals surface area contributed by atoms with Crippen molar-refractivity contribution in [2.45, 2.75) is 77.7 Å². The number of amides is 1. The maximum Gasteiger partial charge on any atom is 0.460 e. The summed E-state index contributed by atoms with van der Waals surface area (Å²) in [5.41, 5.74) is -1.19. The number of rotatable bonds is 2. The molecule has 0 aromatic carbocycles. The van der Waals surface area contributed by atoms with Crippen molar-refractivity contribution in [3.05, 3.63) is 0 Å². The number of morpholine rings is 1. The number of hydrogen-bond donors (Lipinski definition) is 0. The van der Waals surface area contributed by atoms with Crippen LogP contribution in [0.15, 0.2) is 0 Å². The van der Waals surface area contributed by atoms with Crippen LogP contribution in [-0.4, -0.2) is 60.7 Å². The third-order valence-electron chi connectivity index (χ3n) is 4.55. The SMILES string of the molecule is CC(C)(C)OC(=O)N1CCOC(CB2OC(C)(C)C(C)(C)O2)C1. The van der Waals surface area contributed by atoms with Crippen LogP contribution in [0.3, 0.4) is 0 Å². The number of carbonyl (C=O) groups excluding carboxylic acids is 1. The zero-order valence-corrected chi connectivity index (χ0v) is 15.5. The van der Waals surface area contributed by atoms with Gasteiger partial charge in [0.2, 0.25) is 0 Å². The third-order valence-corrected chi connectivity index (χ3v) is 4.55. The Bertz CT molecular complexity index is 430. The van der Waals surface area contributed by atoms with Gasteiger partial charge in [-0.05, 0) is 48.5 Å². The van der Waals surface area contributed by atoms with Gasteiger partial charge in [0.15, 0.2) is 0 Å². The highest BCUT2D eigenvalue weighted by Gasteiger charge is 2.51. The van der Waals surface area contributed by atoms with Crippen molar-refractivity contribution in [2.24, 2.45) is 0 Å². The number of nitrogens with zero attached hydrogens (tertiary/aromatic N) is 1. The lowest BCUT2D eigenvalue weighted by Crippen LogP contribution is -2.48. The summed E-state index contributed by atoms with van der Waals surface area (Å²) >= 11 is 0. The minimum absolute atomic E-state index is 0.106. The molecule has 0 radical (unpaired) electrons. The van der Waals surface area contributed by atoms with Gasteiger partial charge in [-0.1, -0.05) is 0 Å². The molecule has 0 aromatic rings. The van der Waals surface area contributed by atoms with E-state index in [2.05, 4.69) is 0 Å². The molecule has 1 atom stereocenters. The van der Waals surface area contributed by atoms with Crippen LogP contribution in [-0.2, 0) is 18.8 Å². The zero-order valence-electron chi connectivity index (χ0n) is 15.5. The van der Waals surface area contributed by atoms with Gasteiger partial charge in [-0.15, -0.1) is 0 Å². The van der Waals surface area contributed by atoms with Gasteiger partial charge in [-0.2, -0.15) is 0 Å². The van der Waals surface area contributed by atoms with E-state index in [0.29, 0.717) is 26.0 Å². The molecule has 6 nitrogen and oxygen atoms in total. The van der Waals surface area contributed by atoms with Crippen molar-refractivity contribution in [2.75, 3.05) is 19.7 Å². The monoisotopic (exact) mass is 327 g/mol. The fourth-order valence-corrected chi connectivity index (χ4v) is 2.63. The van der Waals surface area contributed by atoms with Crippen LogP contribution in [0, 0.1) is 0 Å². The topological polar surface area (TPSA) is 57.2 Å². The van der Waals surface area contributed by atoms with E-state index in [9.17, 15) is 4.79 Å². The molecular weight excluding hydrogens is 297 g/mol. The van der Waals surface area contributed by atoms with E-state index >= 15 is 0 Å². The van der Waals surface area contributed by atoms with Crippen LogP contribution in [0.5, 0.6) is 0 Å². The van der Waals surface area contributed by atoms with Gasteiger partial charge in [-0.3, -0.25) is 0 Å². The summed E-state index contributed by atoms with van der Waals surface area (Å²) in [5, 5.41) is 0. The normalized spacial score (nSPS) is 27.2. The van der Waals surface area contributed by atoms with Crippen molar-refractivity contribution in [3.63, 3.8) is 0 Å². The van der Waals surface area contributed by atoms with Gasteiger partial charge in [0.05, 0.1) is 23.9 Å². The van der Waals surface area contributed by atoms with Crippen molar-refractivity contribution in [3.8, 4) is 0 Å². The number of hydrogen-bond acceptors (Lipinski definition) is 5. The molecule has 0 N–H and O–H groups in total. The first kappa shape index (κ1) is 18.6. The molecule has 0 saturated carbocycles. The fourth-order valence-electron chi connectivity index (χ4n) is 2.63. The Hall–Kier alpha value is -0.785. The number of carbonyl (C=O) groups is 1. The lowest BCUT2D eigenvalue weighted by Gasteiger charge is -2.34. The van der Waals surface area contributed by atoms with E-state index in [1.807, 2.05) is 48.5 Å². The van der Waals surface area contributed by atoms with Gasteiger partial charge >= 0.3 is 13.2 Å². The summed E-state index contributed by atoms with van der Waals surface area (Å²) < 4.78 is 23.2. The average molecular weight is 327 g/mol. The molecule has 2 aliphatic heterocycles. The predicted molar refractivity (Wildman–Crippen MR) is 88.4 cm³/mol. The van der Waals surface area contributed by atoms with Gasteiger partial charge in [0.25, 0.3) is 0 Å². The average Bonchev–Trinajstić information content (AvgIpc) is 2.55. The molecule has 0 aliphatic carbocycles. The molecule has 7 heteroatoms. The first-order valence-electron chi connectivity index (χ1n) is 8.35. The minimum Gasteiger partial charge on any atom is -0.444 e. The molecule has 0 spiro atoms. The highest BCUT2D eigenvalue weighted by Crippen LogP contribution is 2.38. The minimum atomic E-state index is -0.489. The molecule has 2 heterocycles. The van der Waals surface area contributed by atoms with Crippen LogP contribution in [0.2, 0.25) is 6.32 Å². The second kappa shape index (κ2) is 6.26. The molecule has 2 saturated heterocycles. The summed E-state index contributed by atoms with van der Waals surface area (Å²) in [6.45, 7) is 15.3. The Morgan fingerprint density at radius 2 is 1.78 bits per heavy atom. The first-order valence-corrected chi connectivity index (χ1v) is 8.35. The Labute approximate surface area is 139 Å². The third kappa shape index (κ3) is 4.61. The van der Waals surface area contributed by atoms with Crippen molar-refractivity contribution >= 4 is 13.2 Å². The summed E-state index contributed by atoms with van der Waals surface area (Å²) in [6, 6.07) is 0. The lowest BCUT2D eigenvalue weighted by atomic mass is 9.81. The molecular formula is C16H30BNO5.